The van der Waals surface area contributed by atoms with E-state index in [1.165, 1.54) is 0 Å². The molecule has 1 atom stereocenters. The van der Waals surface area contributed by atoms with Crippen molar-refractivity contribution in [3.05, 3.63) is 63.7 Å². The number of alkyl carbamates (subject to hydrolysis) is 1. The molecule has 0 saturated heterocycles. The third kappa shape index (κ3) is 6.78. The first-order valence-corrected chi connectivity index (χ1v) is 12.7. The van der Waals surface area contributed by atoms with E-state index in [4.69, 9.17) is 16.3 Å². The zero-order valence-electron chi connectivity index (χ0n) is 21.9. The number of benzene rings is 2. The lowest BCUT2D eigenvalue weighted by atomic mass is 9.88. The highest BCUT2D eigenvalue weighted by Gasteiger charge is 2.39. The number of ether oxygens (including phenoxy) is 1. The summed E-state index contributed by atoms with van der Waals surface area (Å²) in [5, 5.41) is 5.95. The molecule has 1 aliphatic rings. The lowest BCUT2D eigenvalue weighted by Gasteiger charge is -2.42. The van der Waals surface area contributed by atoms with Crippen LogP contribution in [0.3, 0.4) is 0 Å². The molecule has 1 fully saturated rings. The number of anilines is 1. The van der Waals surface area contributed by atoms with Crippen molar-refractivity contribution in [2.45, 2.75) is 78.5 Å². The number of aryl methyl sites for hydroxylation is 3. The molecule has 0 aromatic heterocycles. The molecule has 36 heavy (non-hydrogen) atoms. The van der Waals surface area contributed by atoms with Gasteiger partial charge in [-0.3, -0.25) is 9.59 Å². The Labute approximate surface area is 218 Å². The van der Waals surface area contributed by atoms with Crippen molar-refractivity contribution in [2.24, 2.45) is 0 Å². The fraction of sp³-hybridized carbons (Fsp3) is 0.464. The van der Waals surface area contributed by atoms with Crippen molar-refractivity contribution < 1.29 is 19.1 Å². The van der Waals surface area contributed by atoms with E-state index in [1.54, 1.807) is 31.7 Å². The van der Waals surface area contributed by atoms with E-state index in [0.29, 0.717) is 16.3 Å². The number of carbonyl (C=O) groups is 3. The van der Waals surface area contributed by atoms with Crippen LogP contribution in [0.25, 0.3) is 0 Å². The molecule has 3 rings (SSSR count). The van der Waals surface area contributed by atoms with E-state index >= 15 is 0 Å². The number of rotatable bonds is 7. The highest BCUT2D eigenvalue weighted by atomic mass is 35.5. The molecular weight excluding hydrogens is 478 g/mol. The van der Waals surface area contributed by atoms with Gasteiger partial charge in [-0.2, -0.15) is 0 Å². The Balaban J connectivity index is 1.96. The fourth-order valence-electron chi connectivity index (χ4n) is 4.13. The Bertz CT molecular complexity index is 1120. The highest BCUT2D eigenvalue weighted by molar-refractivity contribution is 6.34. The minimum atomic E-state index is -0.891. The standard InChI is InChI=1S/C28H36ClN3O4/c1-17-13-14-20(15-19(17)3)25(26(34)31-24-18(2)9-7-12-22(24)29)32(21-10-8-11-21)23(33)16-30-27(35)36-28(4,5)6/h7,9,12-15,21,25H,8,10-11,16H2,1-6H3,(H,30,35)(H,31,34). The molecule has 2 aromatic carbocycles. The number of hydrogen-bond donors (Lipinski definition) is 2. The summed E-state index contributed by atoms with van der Waals surface area (Å²) in [6, 6.07) is 10.2. The molecule has 2 aromatic rings. The van der Waals surface area contributed by atoms with Gasteiger partial charge < -0.3 is 20.3 Å². The summed E-state index contributed by atoms with van der Waals surface area (Å²) in [4.78, 5) is 41.2. The largest absolute Gasteiger partial charge is 0.444 e. The second-order valence-corrected chi connectivity index (χ2v) is 10.8. The monoisotopic (exact) mass is 513 g/mol. The SMILES string of the molecule is Cc1ccc(C(C(=O)Nc2c(C)cccc2Cl)N(C(=O)CNC(=O)OC(C)(C)C)C2CCC2)cc1C. The second kappa shape index (κ2) is 11.3. The van der Waals surface area contributed by atoms with Gasteiger partial charge in [0.15, 0.2) is 0 Å². The molecule has 0 aliphatic heterocycles. The number of halogens is 1. The molecule has 1 saturated carbocycles. The van der Waals surface area contributed by atoms with Crippen LogP contribution >= 0.6 is 11.6 Å². The Morgan fingerprint density at radius 1 is 1.06 bits per heavy atom. The molecule has 7 nitrogen and oxygen atoms in total. The summed E-state index contributed by atoms with van der Waals surface area (Å²) in [6.07, 6.45) is 1.87. The van der Waals surface area contributed by atoms with E-state index in [-0.39, 0.29) is 24.4 Å². The van der Waals surface area contributed by atoms with Gasteiger partial charge in [-0.25, -0.2) is 4.79 Å². The zero-order chi connectivity index (χ0) is 26.6. The van der Waals surface area contributed by atoms with E-state index in [1.807, 2.05) is 51.1 Å². The average Bonchev–Trinajstić information content (AvgIpc) is 2.74. The van der Waals surface area contributed by atoms with Crippen LogP contribution in [0.5, 0.6) is 0 Å². The third-order valence-electron chi connectivity index (χ3n) is 6.38. The topological polar surface area (TPSA) is 87.7 Å². The van der Waals surface area contributed by atoms with Crippen LogP contribution in [0, 0.1) is 20.8 Å². The molecule has 0 bridgehead atoms. The first-order chi connectivity index (χ1) is 16.9. The van der Waals surface area contributed by atoms with Gasteiger partial charge in [0.25, 0.3) is 5.91 Å². The van der Waals surface area contributed by atoms with Crippen molar-refractivity contribution in [1.82, 2.24) is 10.2 Å². The first kappa shape index (κ1) is 27.5. The molecule has 194 valence electrons. The fourth-order valence-corrected chi connectivity index (χ4v) is 4.40. The average molecular weight is 514 g/mol. The Hall–Kier alpha value is -3.06. The second-order valence-electron chi connectivity index (χ2n) is 10.4. The summed E-state index contributed by atoms with van der Waals surface area (Å²) < 4.78 is 5.28. The summed E-state index contributed by atoms with van der Waals surface area (Å²) in [6.45, 7) is 10.8. The van der Waals surface area contributed by atoms with Crippen LogP contribution in [0.15, 0.2) is 36.4 Å². The minimum absolute atomic E-state index is 0.109. The Kier molecular flexibility index (Phi) is 8.67. The maximum absolute atomic E-state index is 13.9. The van der Waals surface area contributed by atoms with E-state index in [2.05, 4.69) is 10.6 Å². The molecular formula is C28H36ClN3O4. The van der Waals surface area contributed by atoms with E-state index < -0.39 is 17.7 Å². The molecule has 2 N–H and O–H groups in total. The lowest BCUT2D eigenvalue weighted by Crippen LogP contribution is -2.53. The van der Waals surface area contributed by atoms with E-state index in [9.17, 15) is 14.4 Å². The normalized spacial score (nSPS) is 14.4. The highest BCUT2D eigenvalue weighted by Crippen LogP contribution is 2.35. The molecule has 3 amide bonds. The Morgan fingerprint density at radius 2 is 1.75 bits per heavy atom. The molecule has 1 aliphatic carbocycles. The van der Waals surface area contributed by atoms with Crippen LogP contribution in [0.2, 0.25) is 5.02 Å². The van der Waals surface area contributed by atoms with Crippen molar-refractivity contribution in [2.75, 3.05) is 11.9 Å². The van der Waals surface area contributed by atoms with Crippen molar-refractivity contribution in [1.29, 1.82) is 0 Å². The number of nitrogens with one attached hydrogen (secondary N) is 2. The van der Waals surface area contributed by atoms with Gasteiger partial charge in [-0.1, -0.05) is 41.9 Å². The van der Waals surface area contributed by atoms with Crippen molar-refractivity contribution in [3.8, 4) is 0 Å². The summed E-state index contributed by atoms with van der Waals surface area (Å²) >= 11 is 6.39. The van der Waals surface area contributed by atoms with Crippen LogP contribution < -0.4 is 10.6 Å². The molecule has 8 heteroatoms. The van der Waals surface area contributed by atoms with Crippen molar-refractivity contribution >= 4 is 35.2 Å². The van der Waals surface area contributed by atoms with Gasteiger partial charge in [0.1, 0.15) is 18.2 Å². The number of para-hydroxylation sites is 1. The minimum Gasteiger partial charge on any atom is -0.444 e. The summed E-state index contributed by atoms with van der Waals surface area (Å²) in [7, 11) is 0. The Morgan fingerprint density at radius 3 is 2.31 bits per heavy atom. The molecule has 1 unspecified atom stereocenters. The third-order valence-corrected chi connectivity index (χ3v) is 6.70. The smallest absolute Gasteiger partial charge is 0.408 e. The van der Waals surface area contributed by atoms with Gasteiger partial charge >= 0.3 is 6.09 Å². The van der Waals surface area contributed by atoms with Gasteiger partial charge in [0, 0.05) is 6.04 Å². The van der Waals surface area contributed by atoms with Gasteiger partial charge in [-0.15, -0.1) is 0 Å². The zero-order valence-corrected chi connectivity index (χ0v) is 22.7. The maximum atomic E-state index is 13.9. The predicted molar refractivity (Wildman–Crippen MR) is 142 cm³/mol. The molecule has 0 radical (unpaired) electrons. The molecule has 0 heterocycles. The van der Waals surface area contributed by atoms with Crippen LogP contribution in [0.4, 0.5) is 10.5 Å². The van der Waals surface area contributed by atoms with Gasteiger partial charge in [-0.05, 0) is 89.1 Å². The number of hydrogen-bond acceptors (Lipinski definition) is 4. The van der Waals surface area contributed by atoms with Gasteiger partial charge in [0.2, 0.25) is 5.91 Å². The van der Waals surface area contributed by atoms with Crippen LogP contribution in [-0.4, -0.2) is 41.0 Å². The van der Waals surface area contributed by atoms with Gasteiger partial charge in [0.05, 0.1) is 10.7 Å². The predicted octanol–water partition coefficient (Wildman–Crippen LogP) is 5.85. The summed E-state index contributed by atoms with van der Waals surface area (Å²) in [5.74, 6) is -0.702. The quantitative estimate of drug-likeness (QED) is 0.486. The number of nitrogens with zero attached hydrogens (tertiary/aromatic N) is 1. The number of carbonyl (C=O) groups excluding carboxylic acids is 3. The summed E-state index contributed by atoms with van der Waals surface area (Å²) in [5.41, 5.74) is 3.47. The maximum Gasteiger partial charge on any atom is 0.408 e. The first-order valence-electron chi connectivity index (χ1n) is 12.3. The van der Waals surface area contributed by atoms with Crippen LogP contribution in [-0.2, 0) is 14.3 Å². The van der Waals surface area contributed by atoms with E-state index in [0.717, 1.165) is 36.0 Å². The molecule has 0 spiro atoms. The lowest BCUT2D eigenvalue weighted by molar-refractivity contribution is -0.143. The number of amides is 3. The van der Waals surface area contributed by atoms with Crippen LogP contribution in [0.1, 0.15) is 68.3 Å². The van der Waals surface area contributed by atoms with Crippen molar-refractivity contribution in [3.63, 3.8) is 0 Å².